The molecule has 1 saturated heterocycles. The number of anilines is 1. The van der Waals surface area contributed by atoms with Crippen LogP contribution >= 0.6 is 11.8 Å². The molecule has 0 spiro atoms. The van der Waals surface area contributed by atoms with E-state index in [2.05, 4.69) is 10.6 Å². The molecular formula is C13H17N3O3S. The highest BCUT2D eigenvalue weighted by molar-refractivity contribution is 7.99. The maximum atomic E-state index is 12.2. The maximum absolute atomic E-state index is 12.2. The predicted octanol–water partition coefficient (Wildman–Crippen LogP) is 0.438. The first-order valence-electron chi connectivity index (χ1n) is 6.21. The summed E-state index contributed by atoms with van der Waals surface area (Å²) in [7, 11) is 1.50. The third-order valence-corrected chi connectivity index (χ3v) is 4.04. The molecule has 6 nitrogen and oxygen atoms in total. The molecule has 0 bridgehead atoms. The number of nitrogens with one attached hydrogen (secondary N) is 2. The maximum Gasteiger partial charge on any atom is 0.248 e. The van der Waals surface area contributed by atoms with Crippen LogP contribution in [0, 0.1) is 0 Å². The van der Waals surface area contributed by atoms with Gasteiger partial charge in [-0.05, 0) is 18.2 Å². The Morgan fingerprint density at radius 2 is 2.30 bits per heavy atom. The number of amides is 2. The Balaban J connectivity index is 2.15. The molecule has 2 amide bonds. The molecule has 1 fully saturated rings. The Labute approximate surface area is 121 Å². The van der Waals surface area contributed by atoms with Crippen molar-refractivity contribution in [2.24, 2.45) is 5.73 Å². The number of methoxy groups -OCH3 is 1. The molecule has 0 saturated carbocycles. The standard InChI is InChI=1S/C13H17N3O3S/c1-19-11-3-2-8(12(14)17)6-9(11)16-13(18)10-7-20-5-4-15-10/h2-3,6,10,15H,4-5,7H2,1H3,(H2,14,17)(H,16,18). The molecule has 1 heterocycles. The van der Waals surface area contributed by atoms with Gasteiger partial charge in [0.05, 0.1) is 18.8 Å². The van der Waals surface area contributed by atoms with E-state index in [0.717, 1.165) is 18.1 Å². The second-order valence-corrected chi connectivity index (χ2v) is 5.50. The zero-order chi connectivity index (χ0) is 14.5. The average molecular weight is 295 g/mol. The van der Waals surface area contributed by atoms with E-state index in [-0.39, 0.29) is 11.9 Å². The molecule has 1 unspecified atom stereocenters. The second kappa shape index (κ2) is 6.62. The van der Waals surface area contributed by atoms with Crippen LogP contribution in [-0.4, -0.2) is 43.0 Å². The van der Waals surface area contributed by atoms with Crippen LogP contribution in [0.3, 0.4) is 0 Å². The fraction of sp³-hybridized carbons (Fsp3) is 0.385. The van der Waals surface area contributed by atoms with E-state index < -0.39 is 5.91 Å². The number of nitrogens with two attached hydrogens (primary N) is 1. The molecule has 0 radical (unpaired) electrons. The zero-order valence-corrected chi connectivity index (χ0v) is 12.0. The minimum absolute atomic E-state index is 0.142. The number of hydrogen-bond acceptors (Lipinski definition) is 5. The highest BCUT2D eigenvalue weighted by Gasteiger charge is 2.22. The van der Waals surface area contributed by atoms with Crippen LogP contribution in [0.15, 0.2) is 18.2 Å². The number of hydrogen-bond donors (Lipinski definition) is 3. The van der Waals surface area contributed by atoms with Crippen molar-refractivity contribution in [2.45, 2.75) is 6.04 Å². The van der Waals surface area contributed by atoms with Crippen LogP contribution in [0.4, 0.5) is 5.69 Å². The van der Waals surface area contributed by atoms with Gasteiger partial charge in [-0.2, -0.15) is 11.8 Å². The van der Waals surface area contributed by atoms with E-state index in [1.165, 1.54) is 13.2 Å². The molecule has 1 aliphatic heterocycles. The molecule has 1 aliphatic rings. The third kappa shape index (κ3) is 3.43. The summed E-state index contributed by atoms with van der Waals surface area (Å²) in [5.74, 6) is 1.53. The van der Waals surface area contributed by atoms with Gasteiger partial charge in [0.25, 0.3) is 0 Å². The Morgan fingerprint density at radius 1 is 1.50 bits per heavy atom. The lowest BCUT2D eigenvalue weighted by molar-refractivity contribution is -0.117. The molecule has 0 aliphatic carbocycles. The number of carbonyl (C=O) groups excluding carboxylic acids is 2. The summed E-state index contributed by atoms with van der Waals surface area (Å²) in [5, 5.41) is 5.93. The first-order chi connectivity index (χ1) is 9.61. The average Bonchev–Trinajstić information content (AvgIpc) is 2.48. The molecule has 1 atom stereocenters. The molecule has 1 aromatic carbocycles. The highest BCUT2D eigenvalue weighted by Crippen LogP contribution is 2.25. The van der Waals surface area contributed by atoms with Crippen molar-refractivity contribution in [3.8, 4) is 5.75 Å². The lowest BCUT2D eigenvalue weighted by atomic mass is 10.1. The fourth-order valence-corrected chi connectivity index (χ4v) is 2.85. The summed E-state index contributed by atoms with van der Waals surface area (Å²) in [6, 6.07) is 4.45. The van der Waals surface area contributed by atoms with Crippen molar-refractivity contribution in [1.29, 1.82) is 0 Å². The number of thioether (sulfide) groups is 1. The first-order valence-corrected chi connectivity index (χ1v) is 7.37. The number of benzene rings is 1. The smallest absolute Gasteiger partial charge is 0.248 e. The SMILES string of the molecule is COc1ccc(C(N)=O)cc1NC(=O)C1CSCCN1. The summed E-state index contributed by atoms with van der Waals surface area (Å²) in [6.45, 7) is 0.807. The van der Waals surface area contributed by atoms with E-state index in [9.17, 15) is 9.59 Å². The van der Waals surface area contributed by atoms with Crippen molar-refractivity contribution < 1.29 is 14.3 Å². The summed E-state index contributed by atoms with van der Waals surface area (Å²) in [5.41, 5.74) is 6.02. The monoisotopic (exact) mass is 295 g/mol. The van der Waals surface area contributed by atoms with E-state index >= 15 is 0 Å². The van der Waals surface area contributed by atoms with Gasteiger partial charge >= 0.3 is 0 Å². The fourth-order valence-electron chi connectivity index (χ4n) is 1.91. The first kappa shape index (κ1) is 14.7. The van der Waals surface area contributed by atoms with Gasteiger partial charge < -0.3 is 21.1 Å². The normalized spacial score (nSPS) is 18.4. The summed E-state index contributed by atoms with van der Waals surface area (Å²) < 4.78 is 5.18. The van der Waals surface area contributed by atoms with Gasteiger partial charge in [0, 0.05) is 23.6 Å². The van der Waals surface area contributed by atoms with Crippen LogP contribution in [0.25, 0.3) is 0 Å². The minimum Gasteiger partial charge on any atom is -0.495 e. The van der Waals surface area contributed by atoms with Gasteiger partial charge in [0.1, 0.15) is 5.75 Å². The molecule has 2 rings (SSSR count). The zero-order valence-electron chi connectivity index (χ0n) is 11.1. The largest absolute Gasteiger partial charge is 0.495 e. The van der Waals surface area contributed by atoms with Gasteiger partial charge in [-0.3, -0.25) is 9.59 Å². The van der Waals surface area contributed by atoms with Gasteiger partial charge in [0.15, 0.2) is 0 Å². The number of carbonyl (C=O) groups is 2. The highest BCUT2D eigenvalue weighted by atomic mass is 32.2. The van der Waals surface area contributed by atoms with Crippen molar-refractivity contribution >= 4 is 29.3 Å². The Bertz CT molecular complexity index is 516. The van der Waals surface area contributed by atoms with Gasteiger partial charge in [-0.15, -0.1) is 0 Å². The van der Waals surface area contributed by atoms with Crippen molar-refractivity contribution in [1.82, 2.24) is 5.32 Å². The molecule has 1 aromatic rings. The molecule has 4 N–H and O–H groups in total. The molecule has 7 heteroatoms. The summed E-state index contributed by atoms with van der Waals surface area (Å²) >= 11 is 1.73. The summed E-state index contributed by atoms with van der Waals surface area (Å²) in [6.07, 6.45) is 0. The van der Waals surface area contributed by atoms with Crippen LogP contribution in [-0.2, 0) is 4.79 Å². The van der Waals surface area contributed by atoms with Crippen molar-refractivity contribution in [3.05, 3.63) is 23.8 Å². The Hall–Kier alpha value is -1.73. The van der Waals surface area contributed by atoms with Crippen LogP contribution in [0.1, 0.15) is 10.4 Å². The lowest BCUT2D eigenvalue weighted by Gasteiger charge is -2.22. The van der Waals surface area contributed by atoms with Crippen LogP contribution in [0.5, 0.6) is 5.75 Å². The van der Waals surface area contributed by atoms with Crippen LogP contribution in [0.2, 0.25) is 0 Å². The van der Waals surface area contributed by atoms with E-state index in [4.69, 9.17) is 10.5 Å². The molecular weight excluding hydrogens is 278 g/mol. The van der Waals surface area contributed by atoms with E-state index in [1.54, 1.807) is 23.9 Å². The molecule has 20 heavy (non-hydrogen) atoms. The molecule has 108 valence electrons. The predicted molar refractivity (Wildman–Crippen MR) is 79.3 cm³/mol. The van der Waals surface area contributed by atoms with Gasteiger partial charge in [-0.25, -0.2) is 0 Å². The lowest BCUT2D eigenvalue weighted by Crippen LogP contribution is -2.46. The van der Waals surface area contributed by atoms with Crippen molar-refractivity contribution in [3.63, 3.8) is 0 Å². The van der Waals surface area contributed by atoms with E-state index in [1.807, 2.05) is 0 Å². The topological polar surface area (TPSA) is 93.4 Å². The number of primary amides is 1. The number of rotatable bonds is 4. The summed E-state index contributed by atoms with van der Waals surface area (Å²) in [4.78, 5) is 23.4. The number of ether oxygens (including phenoxy) is 1. The molecule has 0 aromatic heterocycles. The second-order valence-electron chi connectivity index (χ2n) is 4.35. The Morgan fingerprint density at radius 3 is 2.90 bits per heavy atom. The minimum atomic E-state index is -0.547. The van der Waals surface area contributed by atoms with Crippen LogP contribution < -0.4 is 21.1 Å². The van der Waals surface area contributed by atoms with Crippen molar-refractivity contribution in [2.75, 3.05) is 30.5 Å². The third-order valence-electron chi connectivity index (χ3n) is 2.98. The Kier molecular flexibility index (Phi) is 4.86. The van der Waals surface area contributed by atoms with Gasteiger partial charge in [0.2, 0.25) is 11.8 Å². The van der Waals surface area contributed by atoms with Gasteiger partial charge in [-0.1, -0.05) is 0 Å². The quantitative estimate of drug-likeness (QED) is 0.749. The van der Waals surface area contributed by atoms with E-state index in [0.29, 0.717) is 17.0 Å².